The van der Waals surface area contributed by atoms with Gasteiger partial charge in [0.2, 0.25) is 0 Å². The van der Waals surface area contributed by atoms with Gasteiger partial charge in [-0.2, -0.15) is 4.42 Å². The van der Waals surface area contributed by atoms with Crippen molar-refractivity contribution in [1.29, 1.82) is 0 Å². The van der Waals surface area contributed by atoms with Crippen LogP contribution in [0.1, 0.15) is 18.9 Å². The number of aliphatic carboxylic acids is 1. The number of rotatable bonds is 2. The minimum Gasteiger partial charge on any atom is -0.550 e. The number of phenols is 4. The summed E-state index contributed by atoms with van der Waals surface area (Å²) in [6.07, 6.45) is 4.16. The Balaban J connectivity index is 1.95. The summed E-state index contributed by atoms with van der Waals surface area (Å²) < 4.78 is 5.71. The van der Waals surface area contributed by atoms with Crippen LogP contribution >= 0.6 is 0 Å². The molecule has 148 valence electrons. The lowest BCUT2D eigenvalue weighted by molar-refractivity contribution is -0.312. The molecule has 2 unspecified atom stereocenters. The van der Waals surface area contributed by atoms with Gasteiger partial charge in [0.1, 0.15) is 0 Å². The molecule has 0 saturated heterocycles. The molecule has 3 aromatic rings. The summed E-state index contributed by atoms with van der Waals surface area (Å²) >= 11 is 0. The molecular weight excluding hydrogens is 376 g/mol. The van der Waals surface area contributed by atoms with Gasteiger partial charge in [0, 0.05) is 17.3 Å². The highest BCUT2D eigenvalue weighted by Gasteiger charge is 2.56. The molecule has 7 nitrogen and oxygen atoms in total. The van der Waals surface area contributed by atoms with Gasteiger partial charge in [0.05, 0.1) is 10.8 Å². The Hall–Kier alpha value is -3.48. The molecule has 2 aliphatic carbocycles. The molecule has 2 aromatic carbocycles. The minimum absolute atomic E-state index is 0.0521. The van der Waals surface area contributed by atoms with E-state index in [9.17, 15) is 30.3 Å². The summed E-state index contributed by atoms with van der Waals surface area (Å²) in [4.78, 5) is 11.7. The Morgan fingerprint density at radius 2 is 1.59 bits per heavy atom. The molecule has 1 fully saturated rings. The third kappa shape index (κ3) is 2.07. The normalized spacial score (nSPS) is 27.8. The predicted octanol–water partition coefficient (Wildman–Crippen LogP) is 2.52. The first-order valence-corrected chi connectivity index (χ1v) is 9.32. The van der Waals surface area contributed by atoms with E-state index in [-0.39, 0.29) is 23.0 Å². The summed E-state index contributed by atoms with van der Waals surface area (Å²) in [6.45, 7) is 1.97. The molecule has 2 bridgehead atoms. The zero-order valence-corrected chi connectivity index (χ0v) is 15.4. The van der Waals surface area contributed by atoms with E-state index in [1.165, 1.54) is 12.1 Å². The lowest BCUT2D eigenvalue weighted by atomic mass is 9.71. The zero-order chi connectivity index (χ0) is 20.7. The highest BCUT2D eigenvalue weighted by Crippen LogP contribution is 2.61. The molecule has 0 amide bonds. The van der Waals surface area contributed by atoms with Crippen molar-refractivity contribution in [3.05, 3.63) is 42.0 Å². The Labute approximate surface area is 164 Å². The van der Waals surface area contributed by atoms with Gasteiger partial charge < -0.3 is 30.3 Å². The number of carboxylic acid groups (broad SMARTS) is 1. The smallest absolute Gasteiger partial charge is 0.406 e. The SMILES string of the molecule is CC1[C@@H]2C=C[C@]1(c1c3ccc(O)c(O)c3[o+]c3c(O)c(O)ccc13)CC2C(=O)[O-]. The maximum Gasteiger partial charge on any atom is 0.406 e. The molecular formula is C22H18O7. The van der Waals surface area contributed by atoms with Crippen molar-refractivity contribution in [3.8, 4) is 23.0 Å². The first-order chi connectivity index (χ1) is 13.8. The lowest BCUT2D eigenvalue weighted by Crippen LogP contribution is -2.34. The molecule has 5 rings (SSSR count). The van der Waals surface area contributed by atoms with Crippen molar-refractivity contribution in [3.63, 3.8) is 0 Å². The molecule has 4 atom stereocenters. The molecule has 1 heterocycles. The van der Waals surface area contributed by atoms with Crippen molar-refractivity contribution >= 4 is 27.9 Å². The third-order valence-electron chi connectivity index (χ3n) is 6.76. The third-order valence-corrected chi connectivity index (χ3v) is 6.76. The second-order valence-electron chi connectivity index (χ2n) is 7.99. The average molecular weight is 394 g/mol. The summed E-state index contributed by atoms with van der Waals surface area (Å²) in [5, 5.41) is 53.4. The number of aromatic hydroxyl groups is 4. The summed E-state index contributed by atoms with van der Waals surface area (Å²) in [5.41, 5.74) is -0.128. The van der Waals surface area contributed by atoms with Crippen LogP contribution in [0.4, 0.5) is 0 Å². The van der Waals surface area contributed by atoms with Crippen LogP contribution in [0, 0.1) is 17.8 Å². The fourth-order valence-electron chi connectivity index (χ4n) is 5.31. The maximum absolute atomic E-state index is 11.7. The predicted molar refractivity (Wildman–Crippen MR) is 101 cm³/mol. The van der Waals surface area contributed by atoms with E-state index in [1.54, 1.807) is 12.1 Å². The van der Waals surface area contributed by atoms with Gasteiger partial charge in [-0.05, 0) is 48.1 Å². The molecule has 1 aromatic heterocycles. The number of benzene rings is 2. The maximum atomic E-state index is 11.7. The Morgan fingerprint density at radius 3 is 2.07 bits per heavy atom. The number of hydrogen-bond acceptors (Lipinski definition) is 6. The minimum atomic E-state index is -1.11. The molecule has 1 saturated carbocycles. The standard InChI is InChI=1S/C22H18O7/c1-9-10-6-7-22(9,8-13(10)21(27)28)16-11-2-4-14(23)17(25)19(11)29-20-12(16)3-5-15(24)18(20)26/h2-7,9-10,13H,8H2,1H3,(H4-,23,24,25,26,27,28)/t9?,10-,13?,22-/m0/s1. The van der Waals surface area contributed by atoms with Crippen LogP contribution in [0.2, 0.25) is 0 Å². The van der Waals surface area contributed by atoms with Crippen LogP contribution in [-0.2, 0) is 10.2 Å². The van der Waals surface area contributed by atoms with Crippen molar-refractivity contribution in [2.24, 2.45) is 17.8 Å². The first kappa shape index (κ1) is 17.6. The highest BCUT2D eigenvalue weighted by atomic mass is 16.4. The largest absolute Gasteiger partial charge is 0.550 e. The van der Waals surface area contributed by atoms with E-state index >= 15 is 0 Å². The first-order valence-electron chi connectivity index (χ1n) is 9.32. The number of phenolic OH excluding ortho intramolecular Hbond substituents is 4. The number of fused-ring (bicyclic) bond motifs is 4. The number of carbonyl (C=O) groups is 1. The second-order valence-corrected chi connectivity index (χ2v) is 7.99. The number of carbonyl (C=O) groups excluding carboxylic acids is 1. The molecule has 0 radical (unpaired) electrons. The zero-order valence-electron chi connectivity index (χ0n) is 15.4. The average Bonchev–Trinajstić information content (AvgIpc) is 3.17. The van der Waals surface area contributed by atoms with Gasteiger partial charge in [-0.3, -0.25) is 0 Å². The number of carboxylic acids is 1. The Morgan fingerprint density at radius 1 is 1.03 bits per heavy atom. The van der Waals surface area contributed by atoms with E-state index in [1.807, 2.05) is 19.1 Å². The molecule has 2 aliphatic rings. The van der Waals surface area contributed by atoms with E-state index in [0.717, 1.165) is 0 Å². The summed E-state index contributed by atoms with van der Waals surface area (Å²) in [7, 11) is 0. The van der Waals surface area contributed by atoms with Crippen molar-refractivity contribution in [2.45, 2.75) is 18.8 Å². The summed E-state index contributed by atoms with van der Waals surface area (Å²) in [5.74, 6) is -3.82. The van der Waals surface area contributed by atoms with E-state index in [4.69, 9.17) is 4.42 Å². The van der Waals surface area contributed by atoms with Gasteiger partial charge in [-0.25, -0.2) is 0 Å². The van der Waals surface area contributed by atoms with Crippen LogP contribution < -0.4 is 5.11 Å². The van der Waals surface area contributed by atoms with Gasteiger partial charge in [-0.1, -0.05) is 19.1 Å². The van der Waals surface area contributed by atoms with Crippen LogP contribution in [0.3, 0.4) is 0 Å². The van der Waals surface area contributed by atoms with Crippen molar-refractivity contribution < 1.29 is 34.7 Å². The van der Waals surface area contributed by atoms with Crippen LogP contribution in [0.15, 0.2) is 40.8 Å². The fourth-order valence-corrected chi connectivity index (χ4v) is 5.31. The number of hydrogen-bond donors (Lipinski definition) is 4. The van der Waals surface area contributed by atoms with Crippen molar-refractivity contribution in [1.82, 2.24) is 0 Å². The van der Waals surface area contributed by atoms with Crippen LogP contribution in [0.25, 0.3) is 21.9 Å². The molecule has 4 N–H and O–H groups in total. The second kappa shape index (κ2) is 5.53. The summed E-state index contributed by atoms with van der Waals surface area (Å²) in [6, 6.07) is 5.87. The molecule has 0 aliphatic heterocycles. The van der Waals surface area contributed by atoms with E-state index in [0.29, 0.717) is 22.8 Å². The lowest BCUT2D eigenvalue weighted by Gasteiger charge is -2.30. The van der Waals surface area contributed by atoms with E-state index in [2.05, 4.69) is 0 Å². The van der Waals surface area contributed by atoms with Crippen LogP contribution in [-0.4, -0.2) is 26.4 Å². The Kier molecular flexibility index (Phi) is 3.36. The molecule has 0 spiro atoms. The topological polar surface area (TPSA) is 132 Å². The fraction of sp³-hybridized carbons (Fsp3) is 0.273. The van der Waals surface area contributed by atoms with E-state index < -0.39 is 40.3 Å². The van der Waals surface area contributed by atoms with Crippen LogP contribution in [0.5, 0.6) is 23.0 Å². The molecule has 7 heteroatoms. The van der Waals surface area contributed by atoms with Gasteiger partial charge in [0.25, 0.3) is 11.5 Å². The van der Waals surface area contributed by atoms with Gasteiger partial charge in [-0.15, -0.1) is 0 Å². The Bertz CT molecular complexity index is 1180. The quantitative estimate of drug-likeness (QED) is 0.227. The van der Waals surface area contributed by atoms with Gasteiger partial charge in [0.15, 0.2) is 11.5 Å². The molecule has 29 heavy (non-hydrogen) atoms. The monoisotopic (exact) mass is 394 g/mol. The highest BCUT2D eigenvalue weighted by molar-refractivity contribution is 6.02. The number of allylic oxidation sites excluding steroid dienone is 2. The van der Waals surface area contributed by atoms with Crippen molar-refractivity contribution in [2.75, 3.05) is 0 Å². The van der Waals surface area contributed by atoms with Gasteiger partial charge >= 0.3 is 11.2 Å².